The summed E-state index contributed by atoms with van der Waals surface area (Å²) in [6.07, 6.45) is 4.21. The van der Waals surface area contributed by atoms with Crippen LogP contribution < -0.4 is 9.64 Å². The smallest absolute Gasteiger partial charge is 0.242 e. The highest BCUT2D eigenvalue weighted by molar-refractivity contribution is 5.98. The lowest BCUT2D eigenvalue weighted by atomic mass is 10.2. The van der Waals surface area contributed by atoms with Gasteiger partial charge in [0.2, 0.25) is 11.8 Å². The standard InChI is InChI=1S/C20H25N3O3/c1-4-26-19-8-6-5-7-18(19)23(16(2)24)15-20(25)22(3)14-11-17-9-12-21-13-10-17/h5-10,12-13H,4,11,14-15H2,1-3H3. The monoisotopic (exact) mass is 355 g/mol. The first-order valence-electron chi connectivity index (χ1n) is 8.65. The van der Waals surface area contributed by atoms with Crippen LogP contribution >= 0.6 is 0 Å². The number of para-hydroxylation sites is 2. The van der Waals surface area contributed by atoms with Gasteiger partial charge in [-0.2, -0.15) is 0 Å². The molecule has 2 rings (SSSR count). The van der Waals surface area contributed by atoms with Crippen molar-refractivity contribution in [1.82, 2.24) is 9.88 Å². The van der Waals surface area contributed by atoms with Crippen molar-refractivity contribution in [2.24, 2.45) is 0 Å². The van der Waals surface area contributed by atoms with E-state index >= 15 is 0 Å². The highest BCUT2D eigenvalue weighted by Crippen LogP contribution is 2.28. The van der Waals surface area contributed by atoms with E-state index in [0.29, 0.717) is 24.6 Å². The first-order chi connectivity index (χ1) is 12.5. The first kappa shape index (κ1) is 19.4. The van der Waals surface area contributed by atoms with Gasteiger partial charge in [0.15, 0.2) is 0 Å². The second-order valence-corrected chi connectivity index (χ2v) is 5.93. The number of benzene rings is 1. The molecule has 6 heteroatoms. The van der Waals surface area contributed by atoms with E-state index in [2.05, 4.69) is 4.98 Å². The van der Waals surface area contributed by atoms with Gasteiger partial charge in [-0.25, -0.2) is 0 Å². The van der Waals surface area contributed by atoms with Gasteiger partial charge in [0.1, 0.15) is 12.3 Å². The zero-order valence-corrected chi connectivity index (χ0v) is 15.5. The average molecular weight is 355 g/mol. The number of likely N-dealkylation sites (N-methyl/N-ethyl adjacent to an activating group) is 1. The number of hydrogen-bond donors (Lipinski definition) is 0. The normalized spacial score (nSPS) is 10.3. The third-order valence-corrected chi connectivity index (χ3v) is 4.04. The van der Waals surface area contributed by atoms with Crippen molar-refractivity contribution in [3.05, 3.63) is 54.4 Å². The van der Waals surface area contributed by atoms with E-state index in [1.807, 2.05) is 31.2 Å². The number of carbonyl (C=O) groups is 2. The Morgan fingerprint density at radius 2 is 1.81 bits per heavy atom. The fourth-order valence-electron chi connectivity index (χ4n) is 2.55. The Labute approximate surface area is 154 Å². The molecular formula is C20H25N3O3. The molecule has 26 heavy (non-hydrogen) atoms. The summed E-state index contributed by atoms with van der Waals surface area (Å²) >= 11 is 0. The van der Waals surface area contributed by atoms with E-state index in [4.69, 9.17) is 4.74 Å². The summed E-state index contributed by atoms with van der Waals surface area (Å²) < 4.78 is 5.59. The number of ether oxygens (including phenoxy) is 1. The van der Waals surface area contributed by atoms with E-state index in [0.717, 1.165) is 12.0 Å². The molecule has 0 aliphatic rings. The van der Waals surface area contributed by atoms with Crippen molar-refractivity contribution >= 4 is 17.5 Å². The van der Waals surface area contributed by atoms with Crippen LogP contribution in [0.4, 0.5) is 5.69 Å². The molecular weight excluding hydrogens is 330 g/mol. The van der Waals surface area contributed by atoms with Gasteiger partial charge in [-0.15, -0.1) is 0 Å². The molecule has 2 amide bonds. The van der Waals surface area contributed by atoms with Gasteiger partial charge in [0, 0.05) is 32.9 Å². The van der Waals surface area contributed by atoms with Crippen molar-refractivity contribution in [3.63, 3.8) is 0 Å². The topological polar surface area (TPSA) is 62.7 Å². The minimum absolute atomic E-state index is 0.0216. The minimum Gasteiger partial charge on any atom is -0.492 e. The maximum atomic E-state index is 12.6. The molecule has 0 atom stereocenters. The van der Waals surface area contributed by atoms with Crippen molar-refractivity contribution in [2.75, 3.05) is 31.6 Å². The third-order valence-electron chi connectivity index (χ3n) is 4.04. The predicted molar refractivity (Wildman–Crippen MR) is 101 cm³/mol. The van der Waals surface area contributed by atoms with Crippen molar-refractivity contribution in [3.8, 4) is 5.75 Å². The fourth-order valence-corrected chi connectivity index (χ4v) is 2.55. The number of hydrogen-bond acceptors (Lipinski definition) is 4. The van der Waals surface area contributed by atoms with Gasteiger partial charge < -0.3 is 9.64 Å². The quantitative estimate of drug-likeness (QED) is 0.730. The largest absolute Gasteiger partial charge is 0.492 e. The Bertz CT molecular complexity index is 734. The van der Waals surface area contributed by atoms with E-state index in [1.54, 1.807) is 36.5 Å². The van der Waals surface area contributed by atoms with E-state index < -0.39 is 0 Å². The van der Waals surface area contributed by atoms with Crippen molar-refractivity contribution in [2.45, 2.75) is 20.3 Å². The number of rotatable bonds is 8. The Hall–Kier alpha value is -2.89. The maximum Gasteiger partial charge on any atom is 0.242 e. The molecule has 138 valence electrons. The van der Waals surface area contributed by atoms with Gasteiger partial charge in [0.25, 0.3) is 0 Å². The summed E-state index contributed by atoms with van der Waals surface area (Å²) in [6, 6.07) is 11.1. The lowest BCUT2D eigenvalue weighted by molar-refractivity contribution is -0.130. The summed E-state index contributed by atoms with van der Waals surface area (Å²) in [4.78, 5) is 31.8. The van der Waals surface area contributed by atoms with E-state index in [9.17, 15) is 9.59 Å². The van der Waals surface area contributed by atoms with E-state index in [-0.39, 0.29) is 18.4 Å². The van der Waals surface area contributed by atoms with Gasteiger partial charge in [-0.3, -0.25) is 19.5 Å². The molecule has 0 N–H and O–H groups in total. The molecule has 0 spiro atoms. The highest BCUT2D eigenvalue weighted by atomic mass is 16.5. The second kappa shape index (κ2) is 9.56. The number of carbonyl (C=O) groups excluding carboxylic acids is 2. The van der Waals surface area contributed by atoms with Crippen LogP contribution in [-0.4, -0.2) is 48.4 Å². The molecule has 0 fully saturated rings. The number of pyridine rings is 1. The summed E-state index contributed by atoms with van der Waals surface area (Å²) in [5, 5.41) is 0. The van der Waals surface area contributed by atoms with Crippen LogP contribution in [-0.2, 0) is 16.0 Å². The van der Waals surface area contributed by atoms with Gasteiger partial charge in [-0.05, 0) is 43.2 Å². The predicted octanol–water partition coefficient (Wildman–Crippen LogP) is 2.53. The van der Waals surface area contributed by atoms with Crippen LogP contribution in [0, 0.1) is 0 Å². The molecule has 6 nitrogen and oxygen atoms in total. The Kier molecular flexibility index (Phi) is 7.14. The number of aromatic nitrogens is 1. The van der Waals surface area contributed by atoms with Crippen molar-refractivity contribution < 1.29 is 14.3 Å². The van der Waals surface area contributed by atoms with Gasteiger partial charge in [0.05, 0.1) is 12.3 Å². The van der Waals surface area contributed by atoms with Crippen LogP contribution in [0.25, 0.3) is 0 Å². The molecule has 0 saturated carbocycles. The molecule has 1 heterocycles. The third kappa shape index (κ3) is 5.31. The van der Waals surface area contributed by atoms with Crippen LogP contribution in [0.5, 0.6) is 5.75 Å². The lowest BCUT2D eigenvalue weighted by Gasteiger charge is -2.26. The van der Waals surface area contributed by atoms with Crippen LogP contribution in [0.3, 0.4) is 0 Å². The minimum atomic E-state index is -0.201. The SMILES string of the molecule is CCOc1ccccc1N(CC(=O)N(C)CCc1ccncc1)C(C)=O. The van der Waals surface area contributed by atoms with Crippen LogP contribution in [0.1, 0.15) is 19.4 Å². The Balaban J connectivity index is 2.05. The molecule has 1 aromatic carbocycles. The van der Waals surface area contributed by atoms with E-state index in [1.165, 1.54) is 11.8 Å². The summed E-state index contributed by atoms with van der Waals surface area (Å²) in [5.41, 5.74) is 1.72. The number of amides is 2. The number of anilines is 1. The molecule has 0 aliphatic heterocycles. The molecule has 0 unspecified atom stereocenters. The highest BCUT2D eigenvalue weighted by Gasteiger charge is 2.21. The number of nitrogens with zero attached hydrogens (tertiary/aromatic N) is 3. The summed E-state index contributed by atoms with van der Waals surface area (Å²) in [7, 11) is 1.75. The van der Waals surface area contributed by atoms with Gasteiger partial charge >= 0.3 is 0 Å². The zero-order valence-electron chi connectivity index (χ0n) is 15.5. The summed E-state index contributed by atoms with van der Waals surface area (Å²) in [5.74, 6) is 0.269. The molecule has 1 aromatic heterocycles. The molecule has 0 saturated heterocycles. The zero-order chi connectivity index (χ0) is 18.9. The maximum absolute atomic E-state index is 12.6. The van der Waals surface area contributed by atoms with Crippen LogP contribution in [0.15, 0.2) is 48.8 Å². The molecule has 0 bridgehead atoms. The van der Waals surface area contributed by atoms with Crippen molar-refractivity contribution in [1.29, 1.82) is 0 Å². The van der Waals surface area contributed by atoms with Gasteiger partial charge in [-0.1, -0.05) is 12.1 Å². The first-order valence-corrected chi connectivity index (χ1v) is 8.65. The molecule has 0 aliphatic carbocycles. The molecule has 2 aromatic rings. The lowest BCUT2D eigenvalue weighted by Crippen LogP contribution is -2.41. The fraction of sp³-hybridized carbons (Fsp3) is 0.350. The van der Waals surface area contributed by atoms with Crippen LogP contribution in [0.2, 0.25) is 0 Å². The Morgan fingerprint density at radius 3 is 2.46 bits per heavy atom. The Morgan fingerprint density at radius 1 is 1.12 bits per heavy atom. The summed E-state index contributed by atoms with van der Waals surface area (Å²) in [6.45, 7) is 4.37. The molecule has 0 radical (unpaired) electrons. The second-order valence-electron chi connectivity index (χ2n) is 5.93. The average Bonchev–Trinajstić information content (AvgIpc) is 2.65.